The Morgan fingerprint density at radius 3 is 2.75 bits per heavy atom. The molecule has 8 heteroatoms. The molecule has 0 spiro atoms. The van der Waals surface area contributed by atoms with Gasteiger partial charge >= 0.3 is 0 Å². The Morgan fingerprint density at radius 1 is 1.21 bits per heavy atom. The van der Waals surface area contributed by atoms with Crippen molar-refractivity contribution in [2.24, 2.45) is 0 Å². The van der Waals surface area contributed by atoms with Gasteiger partial charge in [-0.25, -0.2) is 9.37 Å². The fourth-order valence-electron chi connectivity index (χ4n) is 2.40. The zero-order chi connectivity index (χ0) is 20.1. The lowest BCUT2D eigenvalue weighted by atomic mass is 10.1. The van der Waals surface area contributed by atoms with Gasteiger partial charge in [-0.15, -0.1) is 11.3 Å². The molecule has 0 saturated heterocycles. The number of aromatic nitrogens is 1. The minimum absolute atomic E-state index is 0.0832. The van der Waals surface area contributed by atoms with Crippen LogP contribution in [0.1, 0.15) is 17.3 Å². The number of thiazole rings is 1. The summed E-state index contributed by atoms with van der Waals surface area (Å²) in [6.45, 7) is 1.23. The van der Waals surface area contributed by atoms with E-state index in [-0.39, 0.29) is 18.1 Å². The van der Waals surface area contributed by atoms with Crippen molar-refractivity contribution in [3.05, 3.63) is 59.2 Å². The van der Waals surface area contributed by atoms with Crippen molar-refractivity contribution in [3.63, 3.8) is 0 Å². The van der Waals surface area contributed by atoms with Gasteiger partial charge in [-0.1, -0.05) is 12.1 Å². The number of halogens is 1. The van der Waals surface area contributed by atoms with Gasteiger partial charge in [-0.3, -0.25) is 14.9 Å². The molecule has 0 atom stereocenters. The average molecular weight is 400 g/mol. The van der Waals surface area contributed by atoms with E-state index in [9.17, 15) is 14.0 Å². The molecule has 0 aliphatic heterocycles. The van der Waals surface area contributed by atoms with Crippen molar-refractivity contribution in [1.29, 1.82) is 0 Å². The van der Waals surface area contributed by atoms with E-state index in [4.69, 9.17) is 9.47 Å². The Labute approximate surface area is 164 Å². The molecular formula is C20H17FN2O4S. The van der Waals surface area contributed by atoms with Crippen LogP contribution in [-0.4, -0.2) is 30.4 Å². The topological polar surface area (TPSA) is 77.5 Å². The van der Waals surface area contributed by atoms with Gasteiger partial charge in [0, 0.05) is 16.5 Å². The normalized spacial score (nSPS) is 10.4. The van der Waals surface area contributed by atoms with Gasteiger partial charge < -0.3 is 9.47 Å². The molecule has 1 N–H and O–H groups in total. The van der Waals surface area contributed by atoms with E-state index in [2.05, 4.69) is 10.3 Å². The SMILES string of the molecule is COc1ccc(-c2csc(NC(=O)COc3cccc(C(C)=O)c3)n2)cc1F. The highest BCUT2D eigenvalue weighted by atomic mass is 32.1. The first-order valence-electron chi connectivity index (χ1n) is 8.29. The van der Waals surface area contributed by atoms with Gasteiger partial charge in [-0.05, 0) is 37.3 Å². The number of ketones is 1. The van der Waals surface area contributed by atoms with Crippen molar-refractivity contribution >= 4 is 28.2 Å². The Hall–Kier alpha value is -3.26. The maximum Gasteiger partial charge on any atom is 0.264 e. The molecule has 0 saturated carbocycles. The van der Waals surface area contributed by atoms with E-state index < -0.39 is 11.7 Å². The van der Waals surface area contributed by atoms with Gasteiger partial charge in [-0.2, -0.15) is 0 Å². The van der Waals surface area contributed by atoms with Crippen LogP contribution in [-0.2, 0) is 4.79 Å². The molecular weight excluding hydrogens is 383 g/mol. The van der Waals surface area contributed by atoms with Gasteiger partial charge in [0.1, 0.15) is 5.75 Å². The van der Waals surface area contributed by atoms with E-state index in [0.29, 0.717) is 27.7 Å². The zero-order valence-corrected chi connectivity index (χ0v) is 16.0. The van der Waals surface area contributed by atoms with Gasteiger partial charge in [0.25, 0.3) is 5.91 Å². The minimum Gasteiger partial charge on any atom is -0.494 e. The number of carbonyl (C=O) groups excluding carboxylic acids is 2. The van der Waals surface area contributed by atoms with Crippen LogP contribution in [0.2, 0.25) is 0 Å². The molecule has 3 rings (SSSR count). The smallest absolute Gasteiger partial charge is 0.264 e. The Balaban J connectivity index is 1.60. The molecule has 6 nitrogen and oxygen atoms in total. The first-order chi connectivity index (χ1) is 13.5. The summed E-state index contributed by atoms with van der Waals surface area (Å²) in [5, 5.41) is 4.72. The first-order valence-corrected chi connectivity index (χ1v) is 9.17. The van der Waals surface area contributed by atoms with E-state index in [0.717, 1.165) is 0 Å². The summed E-state index contributed by atoms with van der Waals surface area (Å²) in [6.07, 6.45) is 0. The Morgan fingerprint density at radius 2 is 2.04 bits per heavy atom. The van der Waals surface area contributed by atoms with Crippen LogP contribution in [0.5, 0.6) is 11.5 Å². The highest BCUT2D eigenvalue weighted by Crippen LogP contribution is 2.28. The molecule has 0 fully saturated rings. The Kier molecular flexibility index (Phi) is 6.00. The maximum absolute atomic E-state index is 13.8. The van der Waals surface area contributed by atoms with E-state index in [1.807, 2.05) is 0 Å². The number of nitrogens with one attached hydrogen (secondary N) is 1. The van der Waals surface area contributed by atoms with Gasteiger partial charge in [0.2, 0.25) is 0 Å². The number of hydrogen-bond donors (Lipinski definition) is 1. The predicted octanol–water partition coefficient (Wildman–Crippen LogP) is 4.18. The van der Waals surface area contributed by atoms with Crippen LogP contribution in [0, 0.1) is 5.82 Å². The number of rotatable bonds is 7. The monoisotopic (exact) mass is 400 g/mol. The third-order valence-corrected chi connectivity index (χ3v) is 4.57. The third kappa shape index (κ3) is 4.72. The summed E-state index contributed by atoms with van der Waals surface area (Å²) >= 11 is 1.22. The maximum atomic E-state index is 13.8. The fourth-order valence-corrected chi connectivity index (χ4v) is 3.13. The second-order valence-corrected chi connectivity index (χ2v) is 6.67. The quantitative estimate of drug-likeness (QED) is 0.602. The number of nitrogens with zero attached hydrogens (tertiary/aromatic N) is 1. The van der Waals surface area contributed by atoms with Gasteiger partial charge in [0.15, 0.2) is 29.1 Å². The zero-order valence-electron chi connectivity index (χ0n) is 15.2. The number of Topliss-reactive ketones (excluding diaryl/α,β-unsaturated/α-hetero) is 1. The average Bonchev–Trinajstić information content (AvgIpc) is 3.15. The van der Waals surface area contributed by atoms with Crippen molar-refractivity contribution in [3.8, 4) is 22.8 Å². The van der Waals surface area contributed by atoms with Crippen LogP contribution in [0.3, 0.4) is 0 Å². The summed E-state index contributed by atoms with van der Waals surface area (Å²) in [4.78, 5) is 27.7. The van der Waals surface area contributed by atoms with Crippen LogP contribution in [0.4, 0.5) is 9.52 Å². The molecule has 0 unspecified atom stereocenters. The first kappa shape index (κ1) is 19.5. The number of benzene rings is 2. The van der Waals surface area contributed by atoms with Crippen molar-refractivity contribution in [1.82, 2.24) is 4.98 Å². The molecule has 28 heavy (non-hydrogen) atoms. The van der Waals surface area contributed by atoms with Crippen LogP contribution < -0.4 is 14.8 Å². The van der Waals surface area contributed by atoms with Gasteiger partial charge in [0.05, 0.1) is 12.8 Å². The van der Waals surface area contributed by atoms with Crippen molar-refractivity contribution in [2.45, 2.75) is 6.92 Å². The fraction of sp³-hybridized carbons (Fsp3) is 0.150. The summed E-state index contributed by atoms with van der Waals surface area (Å²) in [5.74, 6) is -0.384. The number of hydrogen-bond acceptors (Lipinski definition) is 6. The van der Waals surface area contributed by atoms with Crippen molar-refractivity contribution in [2.75, 3.05) is 19.0 Å². The van der Waals surface area contributed by atoms with E-state index >= 15 is 0 Å². The number of anilines is 1. The van der Waals surface area contributed by atoms with Crippen LogP contribution >= 0.6 is 11.3 Å². The summed E-state index contributed by atoms with van der Waals surface area (Å²) in [7, 11) is 1.40. The molecule has 144 valence electrons. The molecule has 0 aliphatic carbocycles. The molecule has 0 aliphatic rings. The lowest BCUT2D eigenvalue weighted by Crippen LogP contribution is -2.20. The summed E-state index contributed by atoms with van der Waals surface area (Å²) in [5.41, 5.74) is 1.62. The second kappa shape index (κ2) is 8.62. The number of ether oxygens (including phenoxy) is 2. The second-order valence-electron chi connectivity index (χ2n) is 5.81. The standard InChI is InChI=1S/C20H17FN2O4S/c1-12(24)13-4-3-5-15(8-13)27-10-19(25)23-20-22-17(11-28-20)14-6-7-18(26-2)16(21)9-14/h3-9,11H,10H2,1-2H3,(H,22,23,25). The largest absolute Gasteiger partial charge is 0.494 e. The molecule has 0 radical (unpaired) electrons. The third-order valence-electron chi connectivity index (χ3n) is 3.81. The molecule has 1 heterocycles. The lowest BCUT2D eigenvalue weighted by molar-refractivity contribution is -0.118. The van der Waals surface area contributed by atoms with Crippen molar-refractivity contribution < 1.29 is 23.5 Å². The van der Waals surface area contributed by atoms with E-state index in [1.54, 1.807) is 35.7 Å². The summed E-state index contributed by atoms with van der Waals surface area (Å²) < 4.78 is 24.1. The highest BCUT2D eigenvalue weighted by molar-refractivity contribution is 7.14. The van der Waals surface area contributed by atoms with Crippen LogP contribution in [0.25, 0.3) is 11.3 Å². The highest BCUT2D eigenvalue weighted by Gasteiger charge is 2.11. The lowest BCUT2D eigenvalue weighted by Gasteiger charge is -2.06. The van der Waals surface area contributed by atoms with Crippen LogP contribution in [0.15, 0.2) is 47.8 Å². The molecule has 3 aromatic rings. The minimum atomic E-state index is -0.486. The molecule has 1 aromatic heterocycles. The number of carbonyl (C=O) groups is 2. The predicted molar refractivity (Wildman–Crippen MR) is 105 cm³/mol. The summed E-state index contributed by atoms with van der Waals surface area (Å²) in [6, 6.07) is 11.1. The Bertz CT molecular complexity index is 1020. The number of amides is 1. The molecule has 0 bridgehead atoms. The molecule has 2 aromatic carbocycles. The number of methoxy groups -OCH3 is 1. The molecule has 1 amide bonds. The van der Waals surface area contributed by atoms with E-state index in [1.165, 1.54) is 37.5 Å².